The summed E-state index contributed by atoms with van der Waals surface area (Å²) in [6.07, 6.45) is -2.12. The van der Waals surface area contributed by atoms with E-state index in [0.717, 1.165) is 11.1 Å². The standard InChI is InChI=1S/C23H35N2O7PS/c1-6-22(5,32-33(29,30)23(28,7-2)8-3)11-16-17(26)18(27)19(31-16)15-10-14-9-13(4)12-24-20(14)25-21(15)34/h9-10,12,16-19,26-28H,6-8,11H2,1-5H3,(H,29,30)(H,24,25,34)/t16-,17?,18+,19+,22?/m1/s1. The maximum atomic E-state index is 13.0. The molecule has 1 fully saturated rings. The normalized spacial score (nSPS) is 27.0. The number of aromatic nitrogens is 2. The average Bonchev–Trinajstić information content (AvgIpc) is 3.05. The number of fused-ring (bicyclic) bond motifs is 1. The summed E-state index contributed by atoms with van der Waals surface area (Å²) in [5.74, 6) is 0.605. The molecule has 0 aromatic carbocycles. The van der Waals surface area contributed by atoms with E-state index in [9.17, 15) is 24.8 Å². The van der Waals surface area contributed by atoms with Crippen molar-refractivity contribution in [1.29, 1.82) is 0 Å². The first kappa shape index (κ1) is 27.4. The van der Waals surface area contributed by atoms with Gasteiger partial charge in [0.15, 0.2) is 5.34 Å². The zero-order chi connectivity index (χ0) is 25.5. The van der Waals surface area contributed by atoms with Gasteiger partial charge in [-0.3, -0.25) is 4.57 Å². The Morgan fingerprint density at radius 3 is 2.44 bits per heavy atom. The number of rotatable bonds is 9. The molecule has 0 radical (unpaired) electrons. The van der Waals surface area contributed by atoms with Gasteiger partial charge >= 0.3 is 7.60 Å². The lowest BCUT2D eigenvalue weighted by atomic mass is 9.92. The third kappa shape index (κ3) is 5.15. The lowest BCUT2D eigenvalue weighted by Gasteiger charge is -2.38. The second-order valence-electron chi connectivity index (χ2n) is 9.38. The molecule has 3 heterocycles. The number of aliphatic hydroxyl groups excluding tert-OH is 2. The van der Waals surface area contributed by atoms with Gasteiger partial charge in [0.1, 0.15) is 28.8 Å². The number of ether oxygens (including phenoxy) is 1. The Morgan fingerprint density at radius 1 is 1.21 bits per heavy atom. The van der Waals surface area contributed by atoms with Crippen LogP contribution in [0.1, 0.15) is 70.6 Å². The van der Waals surface area contributed by atoms with Crippen molar-refractivity contribution in [2.24, 2.45) is 0 Å². The fraction of sp³-hybridized carbons (Fsp3) is 0.652. The predicted octanol–water partition coefficient (Wildman–Crippen LogP) is 3.98. The smallest absolute Gasteiger partial charge is 0.359 e. The van der Waals surface area contributed by atoms with Gasteiger partial charge in [-0.25, -0.2) is 4.98 Å². The molecule has 3 aliphatic heterocycles. The van der Waals surface area contributed by atoms with Crippen LogP contribution in [0.5, 0.6) is 0 Å². The monoisotopic (exact) mass is 514 g/mol. The zero-order valence-corrected chi connectivity index (χ0v) is 21.9. The van der Waals surface area contributed by atoms with Crippen LogP contribution in [0.3, 0.4) is 0 Å². The van der Waals surface area contributed by atoms with E-state index in [0.29, 0.717) is 17.8 Å². The number of nitrogens with one attached hydrogen (secondary N) is 1. The summed E-state index contributed by atoms with van der Waals surface area (Å²) in [6.45, 7) is 8.58. The molecule has 0 amide bonds. The third-order valence-corrected chi connectivity index (χ3v) is 9.62. The van der Waals surface area contributed by atoms with Crippen molar-refractivity contribution in [3.05, 3.63) is 34.1 Å². The van der Waals surface area contributed by atoms with Crippen LogP contribution >= 0.6 is 19.8 Å². The molecule has 5 N–H and O–H groups in total. The van der Waals surface area contributed by atoms with E-state index in [1.165, 1.54) is 0 Å². The van der Waals surface area contributed by atoms with Gasteiger partial charge in [0.25, 0.3) is 0 Å². The minimum atomic E-state index is -4.43. The van der Waals surface area contributed by atoms with Gasteiger partial charge in [0.05, 0.1) is 11.7 Å². The zero-order valence-electron chi connectivity index (χ0n) is 20.2. The molecule has 0 aliphatic carbocycles. The number of hydrogen-bond acceptors (Lipinski definition) is 8. The van der Waals surface area contributed by atoms with Gasteiger partial charge < -0.3 is 34.5 Å². The largest absolute Gasteiger partial charge is 0.388 e. The predicted molar refractivity (Wildman–Crippen MR) is 130 cm³/mol. The summed E-state index contributed by atoms with van der Waals surface area (Å²) in [6, 6.07) is 3.72. The molecule has 190 valence electrons. The van der Waals surface area contributed by atoms with Crippen LogP contribution in [0.25, 0.3) is 11.4 Å². The van der Waals surface area contributed by atoms with Gasteiger partial charge in [-0.15, -0.1) is 0 Å². The first-order valence-corrected chi connectivity index (χ1v) is 13.6. The Morgan fingerprint density at radius 2 is 1.85 bits per heavy atom. The van der Waals surface area contributed by atoms with E-state index in [1.807, 2.05) is 19.2 Å². The van der Waals surface area contributed by atoms with Crippen LogP contribution in [0.15, 0.2) is 18.3 Å². The molecule has 3 rings (SSSR count). The van der Waals surface area contributed by atoms with Gasteiger partial charge in [-0.05, 0) is 50.8 Å². The number of aliphatic hydroxyl groups is 3. The van der Waals surface area contributed by atoms with Crippen molar-refractivity contribution in [3.8, 4) is 11.4 Å². The topological polar surface area (TPSA) is 145 Å². The van der Waals surface area contributed by atoms with Crippen molar-refractivity contribution in [3.63, 3.8) is 0 Å². The molecule has 0 bridgehead atoms. The second-order valence-corrected chi connectivity index (χ2v) is 11.8. The quantitative estimate of drug-likeness (QED) is 0.248. The Balaban J connectivity index is 1.87. The summed E-state index contributed by atoms with van der Waals surface area (Å²) < 4.78 is 24.9. The maximum absolute atomic E-state index is 13.0. The molecule has 0 aromatic heterocycles. The molecular formula is C23H35N2O7PS. The number of aromatic amines is 1. The molecule has 3 unspecified atom stereocenters. The van der Waals surface area contributed by atoms with Crippen LogP contribution in [-0.2, 0) is 13.8 Å². The van der Waals surface area contributed by atoms with Gasteiger partial charge in [-0.2, -0.15) is 0 Å². The van der Waals surface area contributed by atoms with Crippen LogP contribution in [-0.4, -0.2) is 59.4 Å². The van der Waals surface area contributed by atoms with E-state index in [2.05, 4.69) is 9.97 Å². The van der Waals surface area contributed by atoms with Gasteiger partial charge in [0, 0.05) is 23.7 Å². The Kier molecular flexibility index (Phi) is 8.07. The van der Waals surface area contributed by atoms with Gasteiger partial charge in [0.2, 0.25) is 0 Å². The molecule has 11 heteroatoms. The van der Waals surface area contributed by atoms with Crippen molar-refractivity contribution < 1.29 is 34.0 Å². The van der Waals surface area contributed by atoms with Crippen molar-refractivity contribution in [2.75, 3.05) is 0 Å². The lowest BCUT2D eigenvalue weighted by Crippen LogP contribution is -2.40. The summed E-state index contributed by atoms with van der Waals surface area (Å²) in [5.41, 5.74) is 1.06. The molecule has 3 aliphatic rings. The highest BCUT2D eigenvalue weighted by Crippen LogP contribution is 2.60. The molecule has 0 spiro atoms. The molecule has 9 nitrogen and oxygen atoms in total. The summed E-state index contributed by atoms with van der Waals surface area (Å²) in [5, 5.41) is 30.3. The Bertz CT molecular complexity index is 1090. The number of hydrogen-bond donors (Lipinski definition) is 5. The van der Waals surface area contributed by atoms with Gasteiger partial charge in [-0.1, -0.05) is 33.0 Å². The van der Waals surface area contributed by atoms with Crippen molar-refractivity contribution in [2.45, 2.75) is 95.7 Å². The Labute approximate surface area is 205 Å². The van der Waals surface area contributed by atoms with E-state index >= 15 is 0 Å². The van der Waals surface area contributed by atoms with Crippen LogP contribution < -0.4 is 0 Å². The van der Waals surface area contributed by atoms with Crippen LogP contribution in [0, 0.1) is 11.6 Å². The summed E-state index contributed by atoms with van der Waals surface area (Å²) >= 11 is 5.42. The molecule has 1 saturated heterocycles. The fourth-order valence-corrected chi connectivity index (χ4v) is 6.34. The maximum Gasteiger partial charge on any atom is 0.359 e. The first-order valence-electron chi connectivity index (χ1n) is 11.6. The average molecular weight is 515 g/mol. The SMILES string of the molecule is CCC(C)(C[C@H]1O[C@@H](c2cc3cc(C)c[nH]c-3nc2=S)[C@@H](O)C1O)OP(=O)(O)C(O)(CC)CC. The molecule has 34 heavy (non-hydrogen) atoms. The number of pyridine rings is 2. The highest BCUT2D eigenvalue weighted by atomic mass is 32.1. The summed E-state index contributed by atoms with van der Waals surface area (Å²) in [7, 11) is -4.43. The highest BCUT2D eigenvalue weighted by Gasteiger charge is 2.51. The van der Waals surface area contributed by atoms with Crippen LogP contribution in [0.4, 0.5) is 0 Å². The van der Waals surface area contributed by atoms with E-state index in [1.54, 1.807) is 33.8 Å². The first-order chi connectivity index (χ1) is 15.8. The lowest BCUT2D eigenvalue weighted by molar-refractivity contribution is -0.0544. The molecular weight excluding hydrogens is 479 g/mol. The minimum Gasteiger partial charge on any atom is -0.388 e. The number of nitrogens with zero attached hydrogens (tertiary/aromatic N) is 1. The molecule has 0 saturated carbocycles. The van der Waals surface area contributed by atoms with Crippen molar-refractivity contribution >= 4 is 19.8 Å². The van der Waals surface area contributed by atoms with Crippen molar-refractivity contribution in [1.82, 2.24) is 9.97 Å². The number of aryl methyl sites for hydroxylation is 1. The third-order valence-electron chi connectivity index (χ3n) is 6.92. The van der Waals surface area contributed by atoms with E-state index in [4.69, 9.17) is 21.5 Å². The fourth-order valence-electron chi connectivity index (χ4n) is 4.31. The van der Waals surface area contributed by atoms with E-state index < -0.39 is 43.0 Å². The van der Waals surface area contributed by atoms with E-state index in [-0.39, 0.29) is 23.9 Å². The Hall–Kier alpha value is -1.23. The molecule has 6 atom stereocenters. The number of H-pyrrole nitrogens is 1. The second kappa shape index (κ2) is 10.0. The highest BCUT2D eigenvalue weighted by molar-refractivity contribution is 7.71. The summed E-state index contributed by atoms with van der Waals surface area (Å²) in [4.78, 5) is 18.1. The van der Waals surface area contributed by atoms with Crippen LogP contribution in [0.2, 0.25) is 0 Å². The molecule has 0 aromatic rings. The minimum absolute atomic E-state index is 0.0208.